The van der Waals surface area contributed by atoms with Crippen molar-refractivity contribution in [2.24, 2.45) is 5.84 Å². The van der Waals surface area contributed by atoms with Crippen LogP contribution in [0, 0.1) is 13.8 Å². The van der Waals surface area contributed by atoms with Crippen LogP contribution in [0.15, 0.2) is 24.4 Å². The number of hydrogen-bond donors (Lipinski definition) is 2. The van der Waals surface area contributed by atoms with Gasteiger partial charge in [-0.2, -0.15) is 13.2 Å². The maximum absolute atomic E-state index is 12.6. The molecule has 0 amide bonds. The fourth-order valence-corrected chi connectivity index (χ4v) is 2.90. The lowest BCUT2D eigenvalue weighted by Crippen LogP contribution is -2.29. The molecule has 3 nitrogen and oxygen atoms in total. The van der Waals surface area contributed by atoms with Gasteiger partial charge in [0, 0.05) is 11.1 Å². The zero-order valence-electron chi connectivity index (χ0n) is 11.7. The second-order valence-electron chi connectivity index (χ2n) is 4.92. The van der Waals surface area contributed by atoms with E-state index in [9.17, 15) is 13.2 Å². The lowest BCUT2D eigenvalue weighted by molar-refractivity contribution is -0.137. The van der Waals surface area contributed by atoms with Crippen LogP contribution in [0.25, 0.3) is 0 Å². The second kappa shape index (κ2) is 6.13. The Morgan fingerprint density at radius 3 is 2.62 bits per heavy atom. The van der Waals surface area contributed by atoms with E-state index in [1.54, 1.807) is 0 Å². The Hall–Kier alpha value is -1.44. The summed E-state index contributed by atoms with van der Waals surface area (Å²) in [5.41, 5.74) is 5.82. The van der Waals surface area contributed by atoms with E-state index >= 15 is 0 Å². The zero-order chi connectivity index (χ0) is 15.6. The molecule has 0 aliphatic rings. The zero-order valence-corrected chi connectivity index (χ0v) is 12.5. The minimum atomic E-state index is -4.42. The fraction of sp³-hybridized carbons (Fsp3) is 0.357. The molecule has 2 aromatic rings. The molecule has 0 radical (unpaired) electrons. The van der Waals surface area contributed by atoms with Gasteiger partial charge in [-0.15, -0.1) is 11.3 Å². The van der Waals surface area contributed by atoms with Crippen molar-refractivity contribution in [3.05, 3.63) is 51.0 Å². The Morgan fingerprint density at radius 1 is 1.33 bits per heavy atom. The lowest BCUT2D eigenvalue weighted by Gasteiger charge is -2.16. The normalized spacial score (nSPS) is 13.4. The van der Waals surface area contributed by atoms with Crippen LogP contribution in [0.4, 0.5) is 13.2 Å². The molecule has 3 N–H and O–H groups in total. The molecule has 0 bridgehead atoms. The highest BCUT2D eigenvalue weighted by molar-refractivity contribution is 7.11. The second-order valence-corrected chi connectivity index (χ2v) is 5.98. The molecule has 21 heavy (non-hydrogen) atoms. The van der Waals surface area contributed by atoms with Crippen LogP contribution in [-0.4, -0.2) is 4.98 Å². The number of benzene rings is 1. The number of thiazole rings is 1. The molecule has 1 aromatic heterocycles. The van der Waals surface area contributed by atoms with E-state index in [0.29, 0.717) is 22.6 Å². The molecule has 114 valence electrons. The van der Waals surface area contributed by atoms with E-state index in [1.807, 2.05) is 32.0 Å². The standard InChI is InChI=1S/C14H16F3N3S/c1-8-3-4-9(2)10(5-8)6-11(20-18)12-7-19-13(21-12)14(15,16)17/h3-5,7,11,20H,6,18H2,1-2H3. The molecule has 7 heteroatoms. The number of hydrogen-bond acceptors (Lipinski definition) is 4. The van der Waals surface area contributed by atoms with Crippen molar-refractivity contribution in [3.63, 3.8) is 0 Å². The Kier molecular flexibility index (Phi) is 4.65. The molecular weight excluding hydrogens is 299 g/mol. The van der Waals surface area contributed by atoms with Crippen molar-refractivity contribution in [1.29, 1.82) is 0 Å². The van der Waals surface area contributed by atoms with Crippen LogP contribution in [-0.2, 0) is 12.6 Å². The number of halogens is 3. The highest BCUT2D eigenvalue weighted by Crippen LogP contribution is 2.35. The van der Waals surface area contributed by atoms with Crippen molar-refractivity contribution >= 4 is 11.3 Å². The van der Waals surface area contributed by atoms with E-state index < -0.39 is 11.2 Å². The molecule has 1 unspecified atom stereocenters. The van der Waals surface area contributed by atoms with Gasteiger partial charge in [-0.1, -0.05) is 23.8 Å². The highest BCUT2D eigenvalue weighted by Gasteiger charge is 2.35. The third-order valence-corrected chi connectivity index (χ3v) is 4.40. The van der Waals surface area contributed by atoms with Crippen molar-refractivity contribution in [2.45, 2.75) is 32.5 Å². The molecule has 0 fully saturated rings. The van der Waals surface area contributed by atoms with Crippen LogP contribution in [0.1, 0.15) is 32.6 Å². The number of rotatable bonds is 4. The van der Waals surface area contributed by atoms with Crippen molar-refractivity contribution in [2.75, 3.05) is 0 Å². The average Bonchev–Trinajstić information content (AvgIpc) is 2.89. The van der Waals surface area contributed by atoms with Gasteiger partial charge in [0.1, 0.15) is 0 Å². The maximum Gasteiger partial charge on any atom is 0.443 e. The van der Waals surface area contributed by atoms with Gasteiger partial charge in [-0.3, -0.25) is 11.3 Å². The topological polar surface area (TPSA) is 50.9 Å². The maximum atomic E-state index is 12.6. The number of nitrogens with two attached hydrogens (primary N) is 1. The van der Waals surface area contributed by atoms with E-state index in [0.717, 1.165) is 16.7 Å². The largest absolute Gasteiger partial charge is 0.443 e. The quantitative estimate of drug-likeness (QED) is 0.670. The highest BCUT2D eigenvalue weighted by atomic mass is 32.1. The SMILES string of the molecule is Cc1ccc(C)c(CC(NN)c2cnc(C(F)(F)F)s2)c1. The number of hydrazine groups is 1. The van der Waals surface area contributed by atoms with Gasteiger partial charge in [0.25, 0.3) is 0 Å². The molecule has 0 spiro atoms. The summed E-state index contributed by atoms with van der Waals surface area (Å²) in [5, 5.41) is -0.848. The number of nitrogens with zero attached hydrogens (tertiary/aromatic N) is 1. The van der Waals surface area contributed by atoms with Crippen molar-refractivity contribution in [1.82, 2.24) is 10.4 Å². The third-order valence-electron chi connectivity index (χ3n) is 3.24. The summed E-state index contributed by atoms with van der Waals surface area (Å²) in [6, 6.07) is 5.62. The first-order chi connectivity index (χ1) is 9.81. The van der Waals surface area contributed by atoms with Crippen molar-refractivity contribution < 1.29 is 13.2 Å². The average molecular weight is 315 g/mol. The molecular formula is C14H16F3N3S. The summed E-state index contributed by atoms with van der Waals surface area (Å²) < 4.78 is 37.8. The fourth-order valence-electron chi connectivity index (χ4n) is 2.06. The summed E-state index contributed by atoms with van der Waals surface area (Å²) in [5.74, 6) is 5.51. The summed E-state index contributed by atoms with van der Waals surface area (Å²) in [6.45, 7) is 3.94. The monoisotopic (exact) mass is 315 g/mol. The molecule has 1 aromatic carbocycles. The smallest absolute Gasteiger partial charge is 0.271 e. The summed E-state index contributed by atoms with van der Waals surface area (Å²) in [7, 11) is 0. The van der Waals surface area contributed by atoms with E-state index in [-0.39, 0.29) is 6.04 Å². The van der Waals surface area contributed by atoms with Crippen LogP contribution in [0.5, 0.6) is 0 Å². The molecule has 1 heterocycles. The molecule has 0 aliphatic carbocycles. The number of aryl methyl sites for hydroxylation is 2. The Labute approximate surface area is 125 Å². The van der Waals surface area contributed by atoms with Gasteiger partial charge in [0.2, 0.25) is 0 Å². The minimum Gasteiger partial charge on any atom is -0.271 e. The Balaban J connectivity index is 2.24. The first kappa shape index (κ1) is 15.9. The molecule has 1 atom stereocenters. The Morgan fingerprint density at radius 2 is 2.05 bits per heavy atom. The number of aromatic nitrogens is 1. The molecule has 0 saturated carbocycles. The molecule has 0 saturated heterocycles. The molecule has 0 aliphatic heterocycles. The third kappa shape index (κ3) is 3.81. The van der Waals surface area contributed by atoms with Crippen LogP contribution >= 0.6 is 11.3 Å². The van der Waals surface area contributed by atoms with Crippen molar-refractivity contribution in [3.8, 4) is 0 Å². The van der Waals surface area contributed by atoms with Gasteiger partial charge < -0.3 is 0 Å². The van der Waals surface area contributed by atoms with Gasteiger partial charge in [-0.25, -0.2) is 4.98 Å². The molecule has 2 rings (SSSR count). The van der Waals surface area contributed by atoms with E-state index in [2.05, 4.69) is 10.4 Å². The van der Waals surface area contributed by atoms with Gasteiger partial charge >= 0.3 is 6.18 Å². The lowest BCUT2D eigenvalue weighted by atomic mass is 9.99. The predicted octanol–water partition coefficient (Wildman–Crippen LogP) is 3.53. The first-order valence-electron chi connectivity index (χ1n) is 6.36. The van der Waals surface area contributed by atoms with Gasteiger partial charge in [0.15, 0.2) is 5.01 Å². The predicted molar refractivity (Wildman–Crippen MR) is 76.8 cm³/mol. The van der Waals surface area contributed by atoms with Crippen LogP contribution in [0.3, 0.4) is 0 Å². The van der Waals surface area contributed by atoms with E-state index in [4.69, 9.17) is 5.84 Å². The summed E-state index contributed by atoms with van der Waals surface area (Å²) in [4.78, 5) is 3.91. The summed E-state index contributed by atoms with van der Waals surface area (Å²) >= 11 is 0.623. The van der Waals surface area contributed by atoms with Gasteiger partial charge in [-0.05, 0) is 31.4 Å². The number of nitrogens with one attached hydrogen (secondary N) is 1. The van der Waals surface area contributed by atoms with Gasteiger partial charge in [0.05, 0.1) is 6.04 Å². The van der Waals surface area contributed by atoms with Crippen LogP contribution in [0.2, 0.25) is 0 Å². The first-order valence-corrected chi connectivity index (χ1v) is 7.18. The minimum absolute atomic E-state index is 0.390. The Bertz CT molecular complexity index is 622. The summed E-state index contributed by atoms with van der Waals surface area (Å²) in [6.07, 6.45) is -2.66. The van der Waals surface area contributed by atoms with E-state index in [1.165, 1.54) is 6.20 Å². The number of alkyl halides is 3. The van der Waals surface area contributed by atoms with Crippen LogP contribution < -0.4 is 11.3 Å².